The number of hydrogen-bond acceptors (Lipinski definition) is 5. The van der Waals surface area contributed by atoms with Gasteiger partial charge in [-0.25, -0.2) is 9.18 Å². The molecule has 6 heteroatoms. The highest BCUT2D eigenvalue weighted by Crippen LogP contribution is 2.37. The Morgan fingerprint density at radius 2 is 1.83 bits per heavy atom. The van der Waals surface area contributed by atoms with Gasteiger partial charge in [-0.2, -0.15) is 0 Å². The zero-order valence-corrected chi connectivity index (χ0v) is 16.3. The Bertz CT molecular complexity index is 1200. The Morgan fingerprint density at radius 1 is 1.03 bits per heavy atom. The molecule has 0 unspecified atom stereocenters. The summed E-state index contributed by atoms with van der Waals surface area (Å²) < 4.78 is 29.6. The van der Waals surface area contributed by atoms with Crippen LogP contribution >= 0.6 is 0 Å². The van der Waals surface area contributed by atoms with E-state index in [0.29, 0.717) is 22.6 Å². The maximum Gasteiger partial charge on any atom is 0.343 e. The second kappa shape index (κ2) is 7.83. The fourth-order valence-electron chi connectivity index (χ4n) is 3.20. The number of allylic oxidation sites excluding steroid dienone is 1. The van der Waals surface area contributed by atoms with E-state index < -0.39 is 11.8 Å². The number of halogens is 1. The number of benzene rings is 3. The SMILES string of the molecule is COc1cccc(/C=C2\Oc3cc(OC(=O)c4cccc(F)c4)cc(C)c3C2=O)c1. The minimum atomic E-state index is -0.703. The number of aryl methyl sites for hydroxylation is 1. The Balaban J connectivity index is 1.61. The van der Waals surface area contributed by atoms with E-state index in [9.17, 15) is 14.0 Å². The molecule has 0 spiro atoms. The Morgan fingerprint density at radius 3 is 2.60 bits per heavy atom. The lowest BCUT2D eigenvalue weighted by Crippen LogP contribution is -2.09. The number of rotatable bonds is 4. The summed E-state index contributed by atoms with van der Waals surface area (Å²) >= 11 is 0. The van der Waals surface area contributed by atoms with Gasteiger partial charge in [0.1, 0.15) is 23.1 Å². The predicted molar refractivity (Wildman–Crippen MR) is 108 cm³/mol. The second-order valence-electron chi connectivity index (χ2n) is 6.73. The van der Waals surface area contributed by atoms with Crippen LogP contribution in [0.4, 0.5) is 4.39 Å². The van der Waals surface area contributed by atoms with E-state index in [0.717, 1.165) is 11.6 Å². The topological polar surface area (TPSA) is 61.8 Å². The van der Waals surface area contributed by atoms with Gasteiger partial charge in [0.25, 0.3) is 0 Å². The second-order valence-corrected chi connectivity index (χ2v) is 6.73. The molecular formula is C24H17FO5. The summed E-state index contributed by atoms with van der Waals surface area (Å²) in [6.45, 7) is 1.73. The van der Waals surface area contributed by atoms with Crippen LogP contribution in [0.2, 0.25) is 0 Å². The van der Waals surface area contributed by atoms with Crippen molar-refractivity contribution in [2.45, 2.75) is 6.92 Å². The van der Waals surface area contributed by atoms with E-state index in [2.05, 4.69) is 0 Å². The molecule has 0 fully saturated rings. The lowest BCUT2D eigenvalue weighted by molar-refractivity contribution is 0.0734. The van der Waals surface area contributed by atoms with Gasteiger partial charge < -0.3 is 14.2 Å². The summed E-state index contributed by atoms with van der Waals surface area (Å²) in [6.07, 6.45) is 1.63. The molecular weight excluding hydrogens is 387 g/mol. The van der Waals surface area contributed by atoms with Gasteiger partial charge in [-0.15, -0.1) is 0 Å². The molecule has 1 heterocycles. The normalized spacial score (nSPS) is 13.7. The first-order chi connectivity index (χ1) is 14.4. The molecule has 0 bridgehead atoms. The van der Waals surface area contributed by atoms with Crippen molar-refractivity contribution in [1.29, 1.82) is 0 Å². The number of ketones is 1. The largest absolute Gasteiger partial charge is 0.497 e. The van der Waals surface area contributed by atoms with Crippen molar-refractivity contribution < 1.29 is 28.2 Å². The summed E-state index contributed by atoms with van der Waals surface area (Å²) in [6, 6.07) is 15.5. The zero-order valence-electron chi connectivity index (χ0n) is 16.3. The van der Waals surface area contributed by atoms with Gasteiger partial charge in [0, 0.05) is 6.07 Å². The average molecular weight is 404 g/mol. The molecule has 0 aliphatic carbocycles. The van der Waals surface area contributed by atoms with Crippen LogP contribution < -0.4 is 14.2 Å². The number of hydrogen-bond donors (Lipinski definition) is 0. The van der Waals surface area contributed by atoms with Gasteiger partial charge in [-0.3, -0.25) is 4.79 Å². The smallest absolute Gasteiger partial charge is 0.343 e. The van der Waals surface area contributed by atoms with Crippen LogP contribution in [-0.2, 0) is 0 Å². The van der Waals surface area contributed by atoms with Gasteiger partial charge in [-0.05, 0) is 60.5 Å². The third-order valence-corrected chi connectivity index (χ3v) is 4.61. The zero-order chi connectivity index (χ0) is 21.3. The van der Waals surface area contributed by atoms with Gasteiger partial charge in [0.15, 0.2) is 5.76 Å². The lowest BCUT2D eigenvalue weighted by atomic mass is 10.0. The van der Waals surface area contributed by atoms with Crippen molar-refractivity contribution >= 4 is 17.8 Å². The molecule has 4 rings (SSSR count). The fraction of sp³-hybridized carbons (Fsp3) is 0.0833. The number of ether oxygens (including phenoxy) is 3. The Hall–Kier alpha value is -3.93. The van der Waals surface area contributed by atoms with E-state index in [4.69, 9.17) is 14.2 Å². The molecule has 3 aromatic carbocycles. The van der Waals surface area contributed by atoms with Crippen LogP contribution in [0.3, 0.4) is 0 Å². The van der Waals surface area contributed by atoms with E-state index in [-0.39, 0.29) is 22.9 Å². The Labute approximate surface area is 172 Å². The summed E-state index contributed by atoms with van der Waals surface area (Å²) in [5.74, 6) is -0.161. The highest BCUT2D eigenvalue weighted by Gasteiger charge is 2.30. The number of carbonyl (C=O) groups excluding carboxylic acids is 2. The first-order valence-corrected chi connectivity index (χ1v) is 9.15. The molecule has 0 aromatic heterocycles. The van der Waals surface area contributed by atoms with Gasteiger partial charge in [-0.1, -0.05) is 18.2 Å². The van der Waals surface area contributed by atoms with Gasteiger partial charge in [0.2, 0.25) is 5.78 Å². The molecule has 150 valence electrons. The molecule has 0 saturated heterocycles. The molecule has 0 radical (unpaired) electrons. The lowest BCUT2D eigenvalue weighted by Gasteiger charge is -2.08. The van der Waals surface area contributed by atoms with Gasteiger partial charge >= 0.3 is 5.97 Å². The molecule has 3 aromatic rings. The fourth-order valence-corrected chi connectivity index (χ4v) is 3.20. The van der Waals surface area contributed by atoms with E-state index in [1.165, 1.54) is 24.3 Å². The predicted octanol–water partition coefficient (Wildman–Crippen LogP) is 4.98. The summed E-state index contributed by atoms with van der Waals surface area (Å²) in [4.78, 5) is 25.1. The highest BCUT2D eigenvalue weighted by atomic mass is 19.1. The van der Waals surface area contributed by atoms with Crippen molar-refractivity contribution in [3.8, 4) is 17.2 Å². The molecule has 5 nitrogen and oxygen atoms in total. The van der Waals surface area contributed by atoms with Crippen LogP contribution in [0.1, 0.15) is 31.8 Å². The van der Waals surface area contributed by atoms with Crippen LogP contribution in [-0.4, -0.2) is 18.9 Å². The number of methoxy groups -OCH3 is 1. The summed E-state index contributed by atoms with van der Waals surface area (Å²) in [5, 5.41) is 0. The third-order valence-electron chi connectivity index (χ3n) is 4.61. The monoisotopic (exact) mass is 404 g/mol. The summed E-state index contributed by atoms with van der Waals surface area (Å²) in [5.41, 5.74) is 1.85. The molecule has 0 saturated carbocycles. The standard InChI is InChI=1S/C24H17FO5/c1-14-9-19(29-24(27)16-6-4-7-17(25)12-16)13-20-22(14)23(26)21(30-20)11-15-5-3-8-18(10-15)28-2/h3-13H,1-2H3/b21-11-. The van der Waals surface area contributed by atoms with E-state index in [1.54, 1.807) is 38.3 Å². The minimum absolute atomic E-state index is 0.0868. The molecule has 0 amide bonds. The molecule has 0 atom stereocenters. The van der Waals surface area contributed by atoms with Crippen LogP contribution in [0, 0.1) is 12.7 Å². The van der Waals surface area contributed by atoms with Crippen LogP contribution in [0.5, 0.6) is 17.2 Å². The number of esters is 1. The third kappa shape index (κ3) is 3.80. The highest BCUT2D eigenvalue weighted by molar-refractivity contribution is 6.15. The van der Waals surface area contributed by atoms with Crippen molar-refractivity contribution in [1.82, 2.24) is 0 Å². The van der Waals surface area contributed by atoms with Crippen molar-refractivity contribution in [2.24, 2.45) is 0 Å². The number of fused-ring (bicyclic) bond motifs is 1. The average Bonchev–Trinajstić information content (AvgIpc) is 3.03. The van der Waals surface area contributed by atoms with Crippen molar-refractivity contribution in [2.75, 3.05) is 7.11 Å². The maximum absolute atomic E-state index is 13.3. The Kier molecular flexibility index (Phi) is 5.06. The van der Waals surface area contributed by atoms with Crippen LogP contribution in [0.25, 0.3) is 6.08 Å². The first-order valence-electron chi connectivity index (χ1n) is 9.15. The maximum atomic E-state index is 13.3. The van der Waals surface area contributed by atoms with E-state index in [1.807, 2.05) is 12.1 Å². The van der Waals surface area contributed by atoms with Gasteiger partial charge in [0.05, 0.1) is 18.2 Å². The first kappa shape index (κ1) is 19.4. The molecule has 30 heavy (non-hydrogen) atoms. The summed E-state index contributed by atoms with van der Waals surface area (Å²) in [7, 11) is 1.56. The minimum Gasteiger partial charge on any atom is -0.497 e. The van der Waals surface area contributed by atoms with Crippen molar-refractivity contribution in [3.63, 3.8) is 0 Å². The van der Waals surface area contributed by atoms with Crippen LogP contribution in [0.15, 0.2) is 66.4 Å². The van der Waals surface area contributed by atoms with E-state index >= 15 is 0 Å². The molecule has 1 aliphatic rings. The molecule has 0 N–H and O–H groups in total. The number of Topliss-reactive ketones (excluding diaryl/α,β-unsaturated/α-hetero) is 1. The van der Waals surface area contributed by atoms with Crippen molar-refractivity contribution in [3.05, 3.63) is 94.5 Å². The molecule has 1 aliphatic heterocycles. The number of carbonyl (C=O) groups is 2. The quantitative estimate of drug-likeness (QED) is 0.349.